The summed E-state index contributed by atoms with van der Waals surface area (Å²) >= 11 is 0. The Hall–Kier alpha value is -1.71. The van der Waals surface area contributed by atoms with E-state index in [-0.39, 0.29) is 0 Å². The standard InChI is InChI=1S/C15H21N3O/c1-3-9-19-13-6-4-5-12-14(13)17-15(16)18(12)10(2)11-7-8-11/h4-6,10-11H,3,7-9H2,1-2H3,(H2,16,17). The monoisotopic (exact) mass is 259 g/mol. The molecule has 1 atom stereocenters. The van der Waals surface area contributed by atoms with Crippen LogP contribution in [-0.4, -0.2) is 16.2 Å². The van der Waals surface area contributed by atoms with Gasteiger partial charge in [-0.25, -0.2) is 4.98 Å². The van der Waals surface area contributed by atoms with Crippen LogP contribution in [0.4, 0.5) is 5.95 Å². The van der Waals surface area contributed by atoms with Crippen LogP contribution in [0.25, 0.3) is 11.0 Å². The molecule has 1 aromatic carbocycles. The van der Waals surface area contributed by atoms with E-state index in [0.717, 1.165) is 29.1 Å². The first-order valence-electron chi connectivity index (χ1n) is 7.11. The summed E-state index contributed by atoms with van der Waals surface area (Å²) in [5.74, 6) is 2.19. The van der Waals surface area contributed by atoms with Gasteiger partial charge in [0, 0.05) is 6.04 Å². The van der Waals surface area contributed by atoms with Crippen molar-refractivity contribution < 1.29 is 4.74 Å². The van der Waals surface area contributed by atoms with Crippen molar-refractivity contribution in [1.82, 2.24) is 9.55 Å². The topological polar surface area (TPSA) is 53.1 Å². The van der Waals surface area contributed by atoms with Crippen LogP contribution in [0.15, 0.2) is 18.2 Å². The zero-order valence-electron chi connectivity index (χ0n) is 11.6. The van der Waals surface area contributed by atoms with Crippen LogP contribution in [0.2, 0.25) is 0 Å². The van der Waals surface area contributed by atoms with E-state index in [2.05, 4.69) is 29.5 Å². The second kappa shape index (κ2) is 4.76. The van der Waals surface area contributed by atoms with Crippen molar-refractivity contribution in [2.45, 2.75) is 39.2 Å². The minimum atomic E-state index is 0.423. The fourth-order valence-electron chi connectivity index (χ4n) is 2.66. The van der Waals surface area contributed by atoms with Gasteiger partial charge in [0.15, 0.2) is 0 Å². The van der Waals surface area contributed by atoms with Crippen molar-refractivity contribution in [3.8, 4) is 5.75 Å². The molecule has 1 unspecified atom stereocenters. The molecular formula is C15H21N3O. The number of hydrogen-bond acceptors (Lipinski definition) is 3. The van der Waals surface area contributed by atoms with Gasteiger partial charge in [-0.3, -0.25) is 0 Å². The van der Waals surface area contributed by atoms with Crippen molar-refractivity contribution in [3.63, 3.8) is 0 Å². The lowest BCUT2D eigenvalue weighted by Crippen LogP contribution is -2.10. The molecule has 0 amide bonds. The van der Waals surface area contributed by atoms with E-state index in [1.54, 1.807) is 0 Å². The van der Waals surface area contributed by atoms with Crippen molar-refractivity contribution >= 4 is 17.0 Å². The number of benzene rings is 1. The number of nitrogen functional groups attached to an aromatic ring is 1. The Morgan fingerprint density at radius 1 is 1.47 bits per heavy atom. The lowest BCUT2D eigenvalue weighted by atomic mass is 10.2. The lowest BCUT2D eigenvalue weighted by molar-refractivity contribution is 0.320. The van der Waals surface area contributed by atoms with E-state index in [4.69, 9.17) is 10.5 Å². The van der Waals surface area contributed by atoms with Crippen molar-refractivity contribution in [1.29, 1.82) is 0 Å². The van der Waals surface area contributed by atoms with Crippen molar-refractivity contribution in [3.05, 3.63) is 18.2 Å². The van der Waals surface area contributed by atoms with Crippen LogP contribution in [0, 0.1) is 5.92 Å². The molecule has 102 valence electrons. The predicted octanol–water partition coefficient (Wildman–Crippen LogP) is 3.38. The van der Waals surface area contributed by atoms with Gasteiger partial charge in [0.05, 0.1) is 12.1 Å². The normalized spacial score (nSPS) is 16.7. The molecule has 1 aliphatic rings. The Labute approximate surface area is 113 Å². The molecule has 3 rings (SSSR count). The number of rotatable bonds is 5. The first kappa shape index (κ1) is 12.3. The average molecular weight is 259 g/mol. The molecule has 1 saturated carbocycles. The first-order chi connectivity index (χ1) is 9.22. The van der Waals surface area contributed by atoms with E-state index in [1.807, 2.05) is 12.1 Å². The van der Waals surface area contributed by atoms with E-state index in [1.165, 1.54) is 12.8 Å². The van der Waals surface area contributed by atoms with Gasteiger partial charge in [0.1, 0.15) is 11.3 Å². The number of fused-ring (bicyclic) bond motifs is 1. The third kappa shape index (κ3) is 2.15. The summed E-state index contributed by atoms with van der Waals surface area (Å²) in [6, 6.07) is 6.49. The van der Waals surface area contributed by atoms with Gasteiger partial charge in [0.2, 0.25) is 5.95 Å². The van der Waals surface area contributed by atoms with Crippen LogP contribution >= 0.6 is 0 Å². The molecule has 1 aliphatic carbocycles. The molecular weight excluding hydrogens is 238 g/mol. The highest BCUT2D eigenvalue weighted by Crippen LogP contribution is 2.42. The summed E-state index contributed by atoms with van der Waals surface area (Å²) in [5, 5.41) is 0. The van der Waals surface area contributed by atoms with Crippen molar-refractivity contribution in [2.75, 3.05) is 12.3 Å². The number of anilines is 1. The zero-order chi connectivity index (χ0) is 13.4. The smallest absolute Gasteiger partial charge is 0.201 e. The van der Waals surface area contributed by atoms with Gasteiger partial charge in [-0.2, -0.15) is 0 Å². The van der Waals surface area contributed by atoms with Gasteiger partial charge in [-0.05, 0) is 44.2 Å². The molecule has 2 N–H and O–H groups in total. The first-order valence-corrected chi connectivity index (χ1v) is 7.11. The van der Waals surface area contributed by atoms with E-state index >= 15 is 0 Å². The Balaban J connectivity index is 2.05. The number of nitrogens with zero attached hydrogens (tertiary/aromatic N) is 2. The van der Waals surface area contributed by atoms with Gasteiger partial charge in [0.25, 0.3) is 0 Å². The molecule has 4 nitrogen and oxygen atoms in total. The highest BCUT2D eigenvalue weighted by molar-refractivity contribution is 5.84. The molecule has 0 radical (unpaired) electrons. The van der Waals surface area contributed by atoms with E-state index < -0.39 is 0 Å². The Bertz CT molecular complexity index is 586. The fraction of sp³-hybridized carbons (Fsp3) is 0.533. The molecule has 1 fully saturated rings. The maximum atomic E-state index is 6.11. The third-order valence-corrected chi connectivity index (χ3v) is 3.88. The maximum absolute atomic E-state index is 6.11. The molecule has 0 saturated heterocycles. The van der Waals surface area contributed by atoms with Crippen LogP contribution in [-0.2, 0) is 0 Å². The molecule has 2 aromatic rings. The highest BCUT2D eigenvalue weighted by atomic mass is 16.5. The third-order valence-electron chi connectivity index (χ3n) is 3.88. The Morgan fingerprint density at radius 2 is 2.26 bits per heavy atom. The van der Waals surface area contributed by atoms with Gasteiger partial charge in [-0.1, -0.05) is 13.0 Å². The fourth-order valence-corrected chi connectivity index (χ4v) is 2.66. The molecule has 0 bridgehead atoms. The van der Waals surface area contributed by atoms with Crippen LogP contribution < -0.4 is 10.5 Å². The SMILES string of the molecule is CCCOc1cccc2c1nc(N)n2C(C)C1CC1. The Morgan fingerprint density at radius 3 is 2.95 bits per heavy atom. The molecule has 1 heterocycles. The van der Waals surface area contributed by atoms with Crippen molar-refractivity contribution in [2.24, 2.45) is 5.92 Å². The molecule has 0 aliphatic heterocycles. The second-order valence-corrected chi connectivity index (χ2v) is 5.39. The zero-order valence-corrected chi connectivity index (χ0v) is 11.6. The second-order valence-electron chi connectivity index (χ2n) is 5.39. The summed E-state index contributed by atoms with van der Waals surface area (Å²) in [6.07, 6.45) is 3.59. The maximum Gasteiger partial charge on any atom is 0.201 e. The van der Waals surface area contributed by atoms with Crippen LogP contribution in [0.3, 0.4) is 0 Å². The minimum absolute atomic E-state index is 0.423. The summed E-state index contributed by atoms with van der Waals surface area (Å²) < 4.78 is 7.92. The molecule has 19 heavy (non-hydrogen) atoms. The quantitative estimate of drug-likeness (QED) is 0.895. The average Bonchev–Trinajstić information content (AvgIpc) is 3.18. The number of aromatic nitrogens is 2. The summed E-state index contributed by atoms with van der Waals surface area (Å²) in [5.41, 5.74) is 8.09. The number of nitrogens with two attached hydrogens (primary N) is 1. The van der Waals surface area contributed by atoms with Crippen LogP contribution in [0.5, 0.6) is 5.75 Å². The van der Waals surface area contributed by atoms with Crippen LogP contribution in [0.1, 0.15) is 39.2 Å². The summed E-state index contributed by atoms with van der Waals surface area (Å²) in [7, 11) is 0. The Kier molecular flexibility index (Phi) is 3.09. The van der Waals surface area contributed by atoms with Gasteiger partial charge >= 0.3 is 0 Å². The largest absolute Gasteiger partial charge is 0.491 e. The number of ether oxygens (including phenoxy) is 1. The predicted molar refractivity (Wildman–Crippen MR) is 77.4 cm³/mol. The molecule has 4 heteroatoms. The van der Waals surface area contributed by atoms with Gasteiger partial charge in [-0.15, -0.1) is 0 Å². The summed E-state index contributed by atoms with van der Waals surface area (Å²) in [4.78, 5) is 4.51. The number of hydrogen-bond donors (Lipinski definition) is 1. The number of imidazole rings is 1. The molecule has 0 spiro atoms. The van der Waals surface area contributed by atoms with E-state index in [9.17, 15) is 0 Å². The highest BCUT2D eigenvalue weighted by Gasteiger charge is 2.31. The summed E-state index contributed by atoms with van der Waals surface area (Å²) in [6.45, 7) is 5.04. The number of para-hydroxylation sites is 1. The van der Waals surface area contributed by atoms with E-state index in [0.29, 0.717) is 18.6 Å². The lowest BCUT2D eigenvalue weighted by Gasteiger charge is -2.15. The molecule has 1 aromatic heterocycles. The minimum Gasteiger partial charge on any atom is -0.491 e. The van der Waals surface area contributed by atoms with Gasteiger partial charge < -0.3 is 15.0 Å².